The lowest BCUT2D eigenvalue weighted by molar-refractivity contribution is -0.139. The molecule has 30 heavy (non-hydrogen) atoms. The summed E-state index contributed by atoms with van der Waals surface area (Å²) in [5.74, 6) is -1.79. The molecule has 0 aliphatic rings. The lowest BCUT2D eigenvalue weighted by Gasteiger charge is -2.22. The Morgan fingerprint density at radius 2 is 1.80 bits per heavy atom. The van der Waals surface area contributed by atoms with Crippen LogP contribution in [0.3, 0.4) is 0 Å². The summed E-state index contributed by atoms with van der Waals surface area (Å²) >= 11 is 5.97. The summed E-state index contributed by atoms with van der Waals surface area (Å²) in [5.41, 5.74) is 0.521. The first-order chi connectivity index (χ1) is 13.9. The third-order valence-electron chi connectivity index (χ3n) is 4.24. The first-order valence-corrected chi connectivity index (χ1v) is 10.7. The molecule has 1 amide bonds. The summed E-state index contributed by atoms with van der Waals surface area (Å²) in [6, 6.07) is 9.50. The number of halogens is 2. The van der Waals surface area contributed by atoms with Crippen LogP contribution in [0.2, 0.25) is 5.02 Å². The van der Waals surface area contributed by atoms with E-state index in [4.69, 9.17) is 16.3 Å². The molecule has 0 aliphatic heterocycles. The maximum absolute atomic E-state index is 13.3. The van der Waals surface area contributed by atoms with Gasteiger partial charge in [-0.15, -0.1) is 0 Å². The van der Waals surface area contributed by atoms with Gasteiger partial charge in [-0.05, 0) is 42.8 Å². The maximum atomic E-state index is 13.3. The van der Waals surface area contributed by atoms with Crippen molar-refractivity contribution in [3.63, 3.8) is 0 Å². The maximum Gasteiger partial charge on any atom is 0.338 e. The number of ether oxygens (including phenoxy) is 1. The van der Waals surface area contributed by atoms with Gasteiger partial charge in [0.05, 0.1) is 10.6 Å². The van der Waals surface area contributed by atoms with Gasteiger partial charge in [0.1, 0.15) is 10.7 Å². The second kappa shape index (κ2) is 9.55. The highest BCUT2D eigenvalue weighted by atomic mass is 35.5. The molecule has 7 nitrogen and oxygen atoms in total. The average Bonchev–Trinajstić information content (AvgIpc) is 2.67. The van der Waals surface area contributed by atoms with Crippen LogP contribution in [0.1, 0.15) is 22.8 Å². The van der Waals surface area contributed by atoms with Crippen LogP contribution < -0.4 is 0 Å². The Balaban J connectivity index is 2.12. The van der Waals surface area contributed by atoms with E-state index in [0.717, 1.165) is 10.4 Å². The minimum atomic E-state index is -3.87. The van der Waals surface area contributed by atoms with E-state index < -0.39 is 33.8 Å². The molecule has 10 heteroatoms. The van der Waals surface area contributed by atoms with Crippen molar-refractivity contribution < 1.29 is 27.1 Å². The number of carbonyl (C=O) groups is 2. The predicted octanol–water partition coefficient (Wildman–Crippen LogP) is 2.93. The Labute approximate surface area is 180 Å². The van der Waals surface area contributed by atoms with Crippen LogP contribution in [0.4, 0.5) is 4.39 Å². The second-order valence-electron chi connectivity index (χ2n) is 6.80. The van der Waals surface area contributed by atoms with E-state index in [2.05, 4.69) is 0 Å². The molecule has 0 bridgehead atoms. The van der Waals surface area contributed by atoms with Gasteiger partial charge in [-0.3, -0.25) is 4.79 Å². The molecule has 0 fully saturated rings. The number of hydrogen-bond donors (Lipinski definition) is 0. The number of esters is 1. The highest BCUT2D eigenvalue weighted by Gasteiger charge is 2.26. The SMILES string of the molecule is CC(OC(=O)c1ccc(Cl)c(S(=O)(=O)N(C)C)c1)C(=O)N(C)Cc1cccc(F)c1. The molecular formula is C20H22ClFN2O5S. The number of hydrogen-bond acceptors (Lipinski definition) is 5. The van der Waals surface area contributed by atoms with Crippen molar-refractivity contribution in [1.29, 1.82) is 0 Å². The van der Waals surface area contributed by atoms with Gasteiger partial charge in [0, 0.05) is 27.7 Å². The quantitative estimate of drug-likeness (QED) is 0.598. The largest absolute Gasteiger partial charge is 0.449 e. The van der Waals surface area contributed by atoms with Crippen molar-refractivity contribution in [2.24, 2.45) is 0 Å². The molecule has 0 radical (unpaired) electrons. The summed E-state index contributed by atoms with van der Waals surface area (Å²) in [7, 11) is 0.308. The van der Waals surface area contributed by atoms with Gasteiger partial charge >= 0.3 is 5.97 Å². The van der Waals surface area contributed by atoms with E-state index >= 15 is 0 Å². The Hall–Kier alpha value is -2.49. The third kappa shape index (κ3) is 5.56. The van der Waals surface area contributed by atoms with E-state index in [9.17, 15) is 22.4 Å². The summed E-state index contributed by atoms with van der Waals surface area (Å²) in [6.07, 6.45) is -1.14. The number of benzene rings is 2. The Kier molecular flexibility index (Phi) is 7.57. The fraction of sp³-hybridized carbons (Fsp3) is 0.300. The van der Waals surface area contributed by atoms with Crippen molar-refractivity contribution in [3.05, 3.63) is 64.4 Å². The van der Waals surface area contributed by atoms with Crippen LogP contribution in [0.25, 0.3) is 0 Å². The summed E-state index contributed by atoms with van der Waals surface area (Å²) in [5, 5.41) is -0.0424. The standard InChI is InChI=1S/C20H22ClFN2O5S/c1-13(19(25)24(4)12-14-6-5-7-16(22)10-14)29-20(26)15-8-9-17(21)18(11-15)30(27,28)23(2)3/h5-11,13H,12H2,1-4H3. The molecule has 1 atom stereocenters. The lowest BCUT2D eigenvalue weighted by atomic mass is 10.2. The molecular weight excluding hydrogens is 435 g/mol. The fourth-order valence-corrected chi connectivity index (χ4v) is 3.99. The van der Waals surface area contributed by atoms with Crippen molar-refractivity contribution in [1.82, 2.24) is 9.21 Å². The van der Waals surface area contributed by atoms with Gasteiger partial charge in [0.25, 0.3) is 5.91 Å². The van der Waals surface area contributed by atoms with E-state index in [1.54, 1.807) is 6.07 Å². The molecule has 0 aliphatic carbocycles. The van der Waals surface area contributed by atoms with E-state index in [-0.39, 0.29) is 22.0 Å². The van der Waals surface area contributed by atoms with Crippen LogP contribution in [0.15, 0.2) is 47.4 Å². The van der Waals surface area contributed by atoms with Gasteiger partial charge < -0.3 is 9.64 Å². The van der Waals surface area contributed by atoms with E-state index in [1.165, 1.54) is 63.3 Å². The topological polar surface area (TPSA) is 84.0 Å². The molecule has 0 aromatic heterocycles. The smallest absolute Gasteiger partial charge is 0.338 e. The first kappa shape index (κ1) is 23.8. The number of amides is 1. The van der Waals surface area contributed by atoms with E-state index in [1.807, 2.05) is 0 Å². The Bertz CT molecular complexity index is 1060. The molecule has 162 valence electrons. The van der Waals surface area contributed by atoms with Crippen LogP contribution in [0, 0.1) is 5.82 Å². The van der Waals surface area contributed by atoms with Crippen molar-refractivity contribution in [2.45, 2.75) is 24.5 Å². The van der Waals surface area contributed by atoms with Crippen molar-refractivity contribution in [3.8, 4) is 0 Å². The minimum absolute atomic E-state index is 0.0424. The van der Waals surface area contributed by atoms with Crippen LogP contribution in [-0.2, 0) is 26.1 Å². The van der Waals surface area contributed by atoms with Gasteiger partial charge in [-0.25, -0.2) is 21.9 Å². The molecule has 0 saturated heterocycles. The normalized spacial score (nSPS) is 12.5. The number of carbonyl (C=O) groups excluding carboxylic acids is 2. The summed E-state index contributed by atoms with van der Waals surface area (Å²) in [6.45, 7) is 1.53. The molecule has 2 rings (SSSR count). The highest BCUT2D eigenvalue weighted by molar-refractivity contribution is 7.89. The monoisotopic (exact) mass is 456 g/mol. The van der Waals surface area contributed by atoms with Crippen LogP contribution in [0.5, 0.6) is 0 Å². The van der Waals surface area contributed by atoms with Gasteiger partial charge in [0.2, 0.25) is 10.0 Å². The number of sulfonamides is 1. The highest BCUT2D eigenvalue weighted by Crippen LogP contribution is 2.25. The zero-order chi connectivity index (χ0) is 22.6. The Morgan fingerprint density at radius 1 is 1.13 bits per heavy atom. The van der Waals surface area contributed by atoms with Crippen molar-refractivity contribution >= 4 is 33.5 Å². The molecule has 0 N–H and O–H groups in total. The summed E-state index contributed by atoms with van der Waals surface area (Å²) in [4.78, 5) is 26.0. The lowest BCUT2D eigenvalue weighted by Crippen LogP contribution is -2.37. The number of rotatable bonds is 7. The average molecular weight is 457 g/mol. The number of nitrogens with zero attached hydrogens (tertiary/aromatic N) is 2. The zero-order valence-corrected chi connectivity index (χ0v) is 18.5. The fourth-order valence-electron chi connectivity index (χ4n) is 2.60. The molecule has 0 saturated carbocycles. The van der Waals surface area contributed by atoms with E-state index in [0.29, 0.717) is 5.56 Å². The number of likely N-dealkylation sites (N-methyl/N-ethyl adjacent to an activating group) is 1. The van der Waals surface area contributed by atoms with Crippen molar-refractivity contribution in [2.75, 3.05) is 21.1 Å². The molecule has 0 heterocycles. The molecule has 0 spiro atoms. The second-order valence-corrected chi connectivity index (χ2v) is 9.33. The predicted molar refractivity (Wildman–Crippen MR) is 110 cm³/mol. The first-order valence-electron chi connectivity index (χ1n) is 8.86. The van der Waals surface area contributed by atoms with Gasteiger partial charge in [0.15, 0.2) is 6.10 Å². The Morgan fingerprint density at radius 3 is 2.40 bits per heavy atom. The minimum Gasteiger partial charge on any atom is -0.449 e. The van der Waals surface area contributed by atoms with Gasteiger partial charge in [-0.1, -0.05) is 23.7 Å². The zero-order valence-electron chi connectivity index (χ0n) is 16.9. The van der Waals surface area contributed by atoms with Crippen LogP contribution in [-0.4, -0.2) is 56.7 Å². The van der Waals surface area contributed by atoms with Crippen LogP contribution >= 0.6 is 11.6 Å². The molecule has 2 aromatic rings. The summed E-state index contributed by atoms with van der Waals surface area (Å²) < 4.78 is 44.2. The molecule has 1 unspecified atom stereocenters. The molecule has 2 aromatic carbocycles. The van der Waals surface area contributed by atoms with Gasteiger partial charge in [-0.2, -0.15) is 0 Å². The third-order valence-corrected chi connectivity index (χ3v) is 6.54.